The lowest BCUT2D eigenvalue weighted by molar-refractivity contribution is -0.0206. The summed E-state index contributed by atoms with van der Waals surface area (Å²) in [5, 5.41) is 0. The van der Waals surface area contributed by atoms with Gasteiger partial charge in [-0.05, 0) is 39.5 Å². The highest BCUT2D eigenvalue weighted by Gasteiger charge is 2.49. The normalized spacial score (nSPS) is 25.9. The predicted octanol–water partition coefficient (Wildman–Crippen LogP) is 2.08. The summed E-state index contributed by atoms with van der Waals surface area (Å²) < 4.78 is 0. The van der Waals surface area contributed by atoms with Gasteiger partial charge in [0.25, 0.3) is 0 Å². The molecule has 3 heteroatoms. The van der Waals surface area contributed by atoms with Crippen LogP contribution in [0.2, 0.25) is 0 Å². The smallest absolute Gasteiger partial charge is 0.320 e. The van der Waals surface area contributed by atoms with E-state index in [0.717, 1.165) is 13.0 Å². The highest BCUT2D eigenvalue weighted by atomic mass is 16.2. The van der Waals surface area contributed by atoms with Crippen LogP contribution in [0.1, 0.15) is 39.5 Å². The number of hydrogen-bond donors (Lipinski definition) is 0. The van der Waals surface area contributed by atoms with Gasteiger partial charge in [0.2, 0.25) is 0 Å². The Morgan fingerprint density at radius 2 is 1.93 bits per heavy atom. The minimum Gasteiger partial charge on any atom is -0.328 e. The summed E-state index contributed by atoms with van der Waals surface area (Å²) in [6.07, 6.45) is 4.88. The van der Waals surface area contributed by atoms with Crippen LogP contribution >= 0.6 is 0 Å². The summed E-state index contributed by atoms with van der Waals surface area (Å²) in [5.74, 6) is 0. The van der Waals surface area contributed by atoms with Crippen molar-refractivity contribution in [3.63, 3.8) is 0 Å². The van der Waals surface area contributed by atoms with E-state index < -0.39 is 0 Å². The molecule has 2 rings (SSSR count). The van der Waals surface area contributed by atoms with Crippen LogP contribution in [0.15, 0.2) is 0 Å². The van der Waals surface area contributed by atoms with Crippen molar-refractivity contribution in [1.29, 1.82) is 0 Å². The first-order valence-electron chi connectivity index (χ1n) is 5.61. The summed E-state index contributed by atoms with van der Waals surface area (Å²) in [4.78, 5) is 16.0. The Balaban J connectivity index is 2.22. The molecule has 0 atom stereocenters. The van der Waals surface area contributed by atoms with Gasteiger partial charge >= 0.3 is 6.03 Å². The molecule has 0 aromatic carbocycles. The quantitative estimate of drug-likeness (QED) is 0.630. The van der Waals surface area contributed by atoms with Gasteiger partial charge in [-0.2, -0.15) is 0 Å². The molecule has 0 unspecified atom stereocenters. The van der Waals surface area contributed by atoms with E-state index in [4.69, 9.17) is 0 Å². The molecule has 1 aliphatic heterocycles. The number of carbonyl (C=O) groups is 1. The highest BCUT2D eigenvalue weighted by molar-refractivity contribution is 5.76. The number of urea groups is 1. The lowest BCUT2D eigenvalue weighted by Crippen LogP contribution is -2.65. The summed E-state index contributed by atoms with van der Waals surface area (Å²) in [6.45, 7) is 5.18. The first kappa shape index (κ1) is 9.81. The highest BCUT2D eigenvalue weighted by Crippen LogP contribution is 2.44. The number of carbonyl (C=O) groups excluding carboxylic acids is 1. The lowest BCUT2D eigenvalue weighted by atomic mass is 9.71. The van der Waals surface area contributed by atoms with Gasteiger partial charge in [-0.25, -0.2) is 4.79 Å². The van der Waals surface area contributed by atoms with E-state index >= 15 is 0 Å². The van der Waals surface area contributed by atoms with Crippen molar-refractivity contribution >= 4 is 6.03 Å². The molecule has 0 radical (unpaired) electrons. The van der Waals surface area contributed by atoms with E-state index in [1.165, 1.54) is 19.3 Å². The third-order valence-electron chi connectivity index (χ3n) is 3.76. The molecule has 1 saturated heterocycles. The Morgan fingerprint density at radius 1 is 1.29 bits per heavy atom. The Kier molecular flexibility index (Phi) is 2.20. The molecule has 0 aromatic rings. The van der Waals surface area contributed by atoms with Crippen molar-refractivity contribution in [3.05, 3.63) is 0 Å². The maximum atomic E-state index is 12.0. The third kappa shape index (κ3) is 1.22. The van der Waals surface area contributed by atoms with E-state index in [1.54, 1.807) is 0 Å². The third-order valence-corrected chi connectivity index (χ3v) is 3.76. The SMILES string of the molecule is CC(C)N1C(=O)N(C)CCC12CCC2. The standard InChI is InChI=1S/C11H20N2O/c1-9(2)13-10(14)12(3)8-7-11(13)5-4-6-11/h9H,4-8H2,1-3H3. The minimum atomic E-state index is 0.228. The molecular weight excluding hydrogens is 176 g/mol. The first-order valence-corrected chi connectivity index (χ1v) is 5.61. The zero-order valence-corrected chi connectivity index (χ0v) is 9.42. The molecule has 0 bridgehead atoms. The summed E-state index contributed by atoms with van der Waals surface area (Å²) >= 11 is 0. The zero-order valence-electron chi connectivity index (χ0n) is 9.42. The van der Waals surface area contributed by atoms with Gasteiger partial charge in [0.15, 0.2) is 0 Å². The molecule has 0 aromatic heterocycles. The Bertz CT molecular complexity index is 246. The van der Waals surface area contributed by atoms with Crippen LogP contribution in [0.3, 0.4) is 0 Å². The fraction of sp³-hybridized carbons (Fsp3) is 0.909. The van der Waals surface area contributed by atoms with E-state index in [-0.39, 0.29) is 11.6 Å². The van der Waals surface area contributed by atoms with Crippen LogP contribution < -0.4 is 0 Å². The van der Waals surface area contributed by atoms with Crippen molar-refractivity contribution in [3.8, 4) is 0 Å². The van der Waals surface area contributed by atoms with Crippen LogP contribution in [0.5, 0.6) is 0 Å². The lowest BCUT2D eigenvalue weighted by Gasteiger charge is -2.56. The fourth-order valence-corrected chi connectivity index (χ4v) is 2.82. The maximum absolute atomic E-state index is 12.0. The van der Waals surface area contributed by atoms with Gasteiger partial charge in [0.05, 0.1) is 0 Å². The van der Waals surface area contributed by atoms with Crippen LogP contribution in [0.4, 0.5) is 4.79 Å². The van der Waals surface area contributed by atoms with Crippen molar-refractivity contribution in [2.24, 2.45) is 0 Å². The second kappa shape index (κ2) is 3.14. The van der Waals surface area contributed by atoms with Gasteiger partial charge in [0.1, 0.15) is 0 Å². The molecular formula is C11H20N2O. The van der Waals surface area contributed by atoms with Crippen molar-refractivity contribution in [2.75, 3.05) is 13.6 Å². The van der Waals surface area contributed by atoms with Crippen molar-refractivity contribution < 1.29 is 4.79 Å². The Morgan fingerprint density at radius 3 is 2.36 bits per heavy atom. The molecule has 80 valence electrons. The molecule has 2 fully saturated rings. The molecule has 3 nitrogen and oxygen atoms in total. The average molecular weight is 196 g/mol. The van der Waals surface area contributed by atoms with Crippen LogP contribution in [0.25, 0.3) is 0 Å². The van der Waals surface area contributed by atoms with E-state index in [9.17, 15) is 4.79 Å². The number of rotatable bonds is 1. The monoisotopic (exact) mass is 196 g/mol. The molecule has 14 heavy (non-hydrogen) atoms. The molecule has 2 aliphatic rings. The molecule has 1 aliphatic carbocycles. The molecule has 1 saturated carbocycles. The van der Waals surface area contributed by atoms with Gasteiger partial charge < -0.3 is 9.80 Å². The van der Waals surface area contributed by atoms with Gasteiger partial charge in [0, 0.05) is 25.2 Å². The second-order valence-electron chi connectivity index (χ2n) is 5.00. The fourth-order valence-electron chi connectivity index (χ4n) is 2.82. The van der Waals surface area contributed by atoms with E-state index in [1.807, 2.05) is 11.9 Å². The summed E-state index contributed by atoms with van der Waals surface area (Å²) in [6, 6.07) is 0.566. The van der Waals surface area contributed by atoms with Gasteiger partial charge in [-0.3, -0.25) is 0 Å². The molecule has 0 N–H and O–H groups in total. The minimum absolute atomic E-state index is 0.228. The van der Waals surface area contributed by atoms with Crippen LogP contribution in [-0.4, -0.2) is 41.0 Å². The van der Waals surface area contributed by atoms with Crippen LogP contribution in [-0.2, 0) is 0 Å². The van der Waals surface area contributed by atoms with E-state index in [0.29, 0.717) is 6.04 Å². The predicted molar refractivity (Wildman–Crippen MR) is 56.2 cm³/mol. The number of nitrogens with zero attached hydrogens (tertiary/aromatic N) is 2. The first-order chi connectivity index (χ1) is 6.57. The van der Waals surface area contributed by atoms with Gasteiger partial charge in [-0.1, -0.05) is 0 Å². The molecule has 1 heterocycles. The topological polar surface area (TPSA) is 23.6 Å². The summed E-state index contributed by atoms with van der Waals surface area (Å²) in [5.41, 5.74) is 0.234. The summed E-state index contributed by atoms with van der Waals surface area (Å²) in [7, 11) is 1.91. The molecule has 1 spiro atoms. The Labute approximate surface area is 86.1 Å². The van der Waals surface area contributed by atoms with Gasteiger partial charge in [-0.15, -0.1) is 0 Å². The molecule has 2 amide bonds. The second-order valence-corrected chi connectivity index (χ2v) is 5.00. The number of amides is 2. The van der Waals surface area contributed by atoms with Crippen LogP contribution in [0, 0.1) is 0 Å². The zero-order chi connectivity index (χ0) is 10.3. The Hall–Kier alpha value is -0.730. The average Bonchev–Trinajstić information content (AvgIpc) is 2.06. The maximum Gasteiger partial charge on any atom is 0.320 e. The van der Waals surface area contributed by atoms with Crippen molar-refractivity contribution in [1.82, 2.24) is 9.80 Å². The largest absolute Gasteiger partial charge is 0.328 e. The van der Waals surface area contributed by atoms with E-state index in [2.05, 4.69) is 18.7 Å². The number of hydrogen-bond acceptors (Lipinski definition) is 1. The van der Waals surface area contributed by atoms with Crippen molar-refractivity contribution in [2.45, 2.75) is 51.1 Å².